The van der Waals surface area contributed by atoms with Gasteiger partial charge in [0.25, 0.3) is 0 Å². The molecule has 0 bridgehead atoms. The Hall–Kier alpha value is -1.75. The van der Waals surface area contributed by atoms with E-state index in [1.165, 1.54) is 11.1 Å². The second-order valence-corrected chi connectivity index (χ2v) is 4.20. The van der Waals surface area contributed by atoms with Gasteiger partial charge in [-0.05, 0) is 30.9 Å². The predicted molar refractivity (Wildman–Crippen MR) is 60.8 cm³/mol. The number of fused-ring (bicyclic) bond motifs is 1. The normalized spacial score (nSPS) is 19.7. The molecule has 1 atom stereocenters. The molecule has 76 valence electrons. The van der Waals surface area contributed by atoms with E-state index in [0.29, 0.717) is 5.70 Å². The number of nitrogens with two attached hydrogens (primary N) is 1. The molecule has 2 rings (SSSR count). The van der Waals surface area contributed by atoms with E-state index in [9.17, 15) is 0 Å². The molecule has 2 nitrogen and oxygen atoms in total. The third-order valence-electron chi connectivity index (χ3n) is 2.99. The Kier molecular flexibility index (Phi) is 2.24. The van der Waals surface area contributed by atoms with Gasteiger partial charge in [-0.1, -0.05) is 24.6 Å². The van der Waals surface area contributed by atoms with Gasteiger partial charge in [0.1, 0.15) is 0 Å². The van der Waals surface area contributed by atoms with E-state index >= 15 is 0 Å². The van der Waals surface area contributed by atoms with E-state index in [1.54, 1.807) is 0 Å². The SMILES string of the molecule is Cc1ccc2c(c1)C(N)=C(C#N)C(C)C2. The maximum Gasteiger partial charge on any atom is 0.0971 e. The van der Waals surface area contributed by atoms with Crippen molar-refractivity contribution in [1.29, 1.82) is 5.26 Å². The summed E-state index contributed by atoms with van der Waals surface area (Å²) in [5, 5.41) is 9.04. The molecule has 0 aliphatic heterocycles. The van der Waals surface area contributed by atoms with E-state index in [-0.39, 0.29) is 5.92 Å². The van der Waals surface area contributed by atoms with Crippen LogP contribution in [0.3, 0.4) is 0 Å². The Morgan fingerprint density at radius 2 is 2.20 bits per heavy atom. The van der Waals surface area contributed by atoms with E-state index in [2.05, 4.69) is 24.3 Å². The lowest BCUT2D eigenvalue weighted by molar-refractivity contribution is 0.684. The van der Waals surface area contributed by atoms with Crippen molar-refractivity contribution in [3.8, 4) is 6.07 Å². The predicted octanol–water partition coefficient (Wildman–Crippen LogP) is 2.38. The van der Waals surface area contributed by atoms with Crippen LogP contribution < -0.4 is 5.73 Å². The summed E-state index contributed by atoms with van der Waals surface area (Å²) < 4.78 is 0. The maximum absolute atomic E-state index is 9.04. The first-order valence-electron chi connectivity index (χ1n) is 5.13. The van der Waals surface area contributed by atoms with Crippen LogP contribution in [-0.2, 0) is 6.42 Å². The van der Waals surface area contributed by atoms with E-state index in [4.69, 9.17) is 11.0 Å². The van der Waals surface area contributed by atoms with Crippen molar-refractivity contribution in [2.45, 2.75) is 20.3 Å². The molecular weight excluding hydrogens is 184 g/mol. The summed E-state index contributed by atoms with van der Waals surface area (Å²) in [5.41, 5.74) is 10.9. The van der Waals surface area contributed by atoms with E-state index in [1.807, 2.05) is 13.8 Å². The molecule has 1 aromatic rings. The first-order valence-corrected chi connectivity index (χ1v) is 5.13. The molecule has 0 aromatic heterocycles. The number of nitrogens with zero attached hydrogens (tertiary/aromatic N) is 1. The maximum atomic E-state index is 9.04. The van der Waals surface area contributed by atoms with Gasteiger partial charge in [-0.2, -0.15) is 5.26 Å². The number of rotatable bonds is 0. The highest BCUT2D eigenvalue weighted by Gasteiger charge is 2.22. The number of hydrogen-bond donors (Lipinski definition) is 1. The summed E-state index contributed by atoms with van der Waals surface area (Å²) in [5.74, 6) is 0.241. The van der Waals surface area contributed by atoms with Gasteiger partial charge in [0, 0.05) is 5.56 Å². The number of nitriles is 1. The fourth-order valence-electron chi connectivity index (χ4n) is 2.13. The van der Waals surface area contributed by atoms with Crippen LogP contribution in [0.5, 0.6) is 0 Å². The van der Waals surface area contributed by atoms with Crippen LogP contribution in [-0.4, -0.2) is 0 Å². The molecule has 0 heterocycles. The van der Waals surface area contributed by atoms with Gasteiger partial charge in [0.2, 0.25) is 0 Å². The highest BCUT2D eigenvalue weighted by molar-refractivity contribution is 5.74. The summed E-state index contributed by atoms with van der Waals surface area (Å²) in [4.78, 5) is 0. The minimum Gasteiger partial charge on any atom is -0.397 e. The average Bonchev–Trinajstić information content (AvgIpc) is 2.20. The van der Waals surface area contributed by atoms with Crippen LogP contribution in [0.2, 0.25) is 0 Å². The molecule has 2 heteroatoms. The first kappa shape index (κ1) is 9.79. The van der Waals surface area contributed by atoms with Gasteiger partial charge in [-0.3, -0.25) is 0 Å². The summed E-state index contributed by atoms with van der Waals surface area (Å²) in [6.45, 7) is 4.09. The van der Waals surface area contributed by atoms with Crippen LogP contribution >= 0.6 is 0 Å². The van der Waals surface area contributed by atoms with Crippen LogP contribution in [0.15, 0.2) is 23.8 Å². The number of hydrogen-bond acceptors (Lipinski definition) is 2. The second kappa shape index (κ2) is 3.43. The van der Waals surface area contributed by atoms with Crippen molar-refractivity contribution in [2.24, 2.45) is 11.7 Å². The molecule has 15 heavy (non-hydrogen) atoms. The van der Waals surface area contributed by atoms with Crippen molar-refractivity contribution in [2.75, 3.05) is 0 Å². The van der Waals surface area contributed by atoms with Gasteiger partial charge in [-0.15, -0.1) is 0 Å². The molecule has 0 saturated heterocycles. The lowest BCUT2D eigenvalue weighted by Gasteiger charge is -2.22. The molecule has 1 aliphatic rings. The van der Waals surface area contributed by atoms with E-state index < -0.39 is 0 Å². The van der Waals surface area contributed by atoms with Crippen molar-refractivity contribution < 1.29 is 0 Å². The summed E-state index contributed by atoms with van der Waals surface area (Å²) in [7, 11) is 0. The molecular formula is C13H14N2. The molecule has 1 unspecified atom stereocenters. The molecule has 2 N–H and O–H groups in total. The van der Waals surface area contributed by atoms with Crippen molar-refractivity contribution >= 4 is 5.70 Å². The van der Waals surface area contributed by atoms with Crippen molar-refractivity contribution in [3.63, 3.8) is 0 Å². The highest BCUT2D eigenvalue weighted by atomic mass is 14.6. The molecule has 1 aliphatic carbocycles. The van der Waals surface area contributed by atoms with E-state index in [0.717, 1.165) is 17.6 Å². The lowest BCUT2D eigenvalue weighted by Crippen LogP contribution is -2.17. The minimum atomic E-state index is 0.241. The van der Waals surface area contributed by atoms with Gasteiger partial charge >= 0.3 is 0 Å². The zero-order valence-electron chi connectivity index (χ0n) is 9.04. The monoisotopic (exact) mass is 198 g/mol. The molecule has 0 amide bonds. The molecule has 0 radical (unpaired) electrons. The fourth-order valence-corrected chi connectivity index (χ4v) is 2.13. The molecule has 0 spiro atoms. The van der Waals surface area contributed by atoms with Gasteiger partial charge < -0.3 is 5.73 Å². The lowest BCUT2D eigenvalue weighted by atomic mass is 9.82. The largest absolute Gasteiger partial charge is 0.397 e. The number of allylic oxidation sites excluding steroid dienone is 1. The fraction of sp³-hybridized carbons (Fsp3) is 0.308. The summed E-state index contributed by atoms with van der Waals surface area (Å²) in [6, 6.07) is 8.49. The Bertz CT molecular complexity index is 478. The van der Waals surface area contributed by atoms with Gasteiger partial charge in [0.15, 0.2) is 0 Å². The molecule has 0 fully saturated rings. The topological polar surface area (TPSA) is 49.8 Å². The third kappa shape index (κ3) is 1.50. The Labute approximate surface area is 90.0 Å². The summed E-state index contributed by atoms with van der Waals surface area (Å²) >= 11 is 0. The standard InChI is InChI=1S/C13H14N2/c1-8-3-4-10-6-9(2)12(7-14)13(15)11(10)5-8/h3-5,9H,6,15H2,1-2H3. The zero-order chi connectivity index (χ0) is 11.0. The Morgan fingerprint density at radius 1 is 1.47 bits per heavy atom. The van der Waals surface area contributed by atoms with Crippen LogP contribution in [0.25, 0.3) is 5.70 Å². The third-order valence-corrected chi connectivity index (χ3v) is 2.99. The van der Waals surface area contributed by atoms with Crippen molar-refractivity contribution in [3.05, 3.63) is 40.5 Å². The van der Waals surface area contributed by atoms with Crippen LogP contribution in [0.4, 0.5) is 0 Å². The molecule has 1 aromatic carbocycles. The van der Waals surface area contributed by atoms with Crippen molar-refractivity contribution in [1.82, 2.24) is 0 Å². The Morgan fingerprint density at radius 3 is 2.87 bits per heavy atom. The van der Waals surface area contributed by atoms with Gasteiger partial charge in [-0.25, -0.2) is 0 Å². The quantitative estimate of drug-likeness (QED) is 0.695. The van der Waals surface area contributed by atoms with Crippen LogP contribution in [0, 0.1) is 24.2 Å². The summed E-state index contributed by atoms with van der Waals surface area (Å²) in [6.07, 6.45) is 0.916. The highest BCUT2D eigenvalue weighted by Crippen LogP contribution is 2.31. The molecule has 0 saturated carbocycles. The van der Waals surface area contributed by atoms with Crippen LogP contribution in [0.1, 0.15) is 23.6 Å². The second-order valence-electron chi connectivity index (χ2n) is 4.20. The number of benzene rings is 1. The number of aryl methyl sites for hydroxylation is 1. The average molecular weight is 198 g/mol. The minimum absolute atomic E-state index is 0.241. The first-order chi connectivity index (χ1) is 7.13. The smallest absolute Gasteiger partial charge is 0.0971 e. The zero-order valence-corrected chi connectivity index (χ0v) is 9.04. The van der Waals surface area contributed by atoms with Gasteiger partial charge in [0.05, 0.1) is 17.3 Å². The Balaban J connectivity index is 2.65.